The van der Waals surface area contributed by atoms with Gasteiger partial charge in [0.05, 0.1) is 17.4 Å². The summed E-state index contributed by atoms with van der Waals surface area (Å²) in [4.78, 5) is 14.6. The molecule has 0 saturated heterocycles. The van der Waals surface area contributed by atoms with Crippen LogP contribution in [0, 0.1) is 23.2 Å². The molecule has 0 aromatic heterocycles. The zero-order chi connectivity index (χ0) is 27.4. The van der Waals surface area contributed by atoms with Crippen molar-refractivity contribution in [3.05, 3.63) is 29.5 Å². The number of benzene rings is 1. The molecule has 2 aliphatic heterocycles. The molecule has 1 aromatic rings. The number of carbonyl (C=O) groups excluding carboxylic acids is 1. The highest BCUT2D eigenvalue weighted by atomic mass is 32.2. The van der Waals surface area contributed by atoms with Crippen molar-refractivity contribution in [1.29, 1.82) is 0 Å². The van der Waals surface area contributed by atoms with Crippen LogP contribution in [0.1, 0.15) is 32.1 Å². The average Bonchev–Trinajstić information content (AvgIpc) is 3.30. The maximum atomic E-state index is 13.9. The molecule has 0 unspecified atom stereocenters. The molecule has 2 heterocycles. The summed E-state index contributed by atoms with van der Waals surface area (Å²) >= 11 is 0. The average molecular weight is 575 g/mol. The van der Waals surface area contributed by atoms with Crippen molar-refractivity contribution >= 4 is 43.2 Å². The van der Waals surface area contributed by atoms with Crippen molar-refractivity contribution < 1.29 is 39.9 Å². The molecule has 15 heteroatoms. The molecule has 0 radical (unpaired) electrons. The number of sulfonamides is 2. The Morgan fingerprint density at radius 3 is 2.55 bits per heavy atom. The lowest BCUT2D eigenvalue weighted by molar-refractivity contribution is -0.195. The van der Waals surface area contributed by atoms with Crippen LogP contribution < -0.4 is 10.0 Å². The van der Waals surface area contributed by atoms with E-state index in [1.165, 1.54) is 17.0 Å². The number of aliphatic hydroxyl groups is 1. The molecule has 2 bridgehead atoms. The molecule has 0 spiro atoms. The first-order chi connectivity index (χ1) is 17.6. The molecule has 10 nitrogen and oxygen atoms in total. The van der Waals surface area contributed by atoms with Crippen molar-refractivity contribution in [2.45, 2.75) is 49.2 Å². The number of halogens is 3. The second-order valence-electron chi connectivity index (χ2n) is 10.9. The standard InChI is InChI=1S/C23H25F3N4O6S2/c1-37(33,34)28-13-4-5-14-15(9-13)38(35,36)29-20(27-14)17-19(31)16-11-2-3-12(8-11)18(16)30(21(17)32)10-22(6-7-22)23(24,25)26/h4-5,9,11-12,16,18,28,31H,2-3,6-8,10H2,1H3,(H,27,29)/t11-,12-,16-,18+/m1/s1. The molecular weight excluding hydrogens is 549 g/mol. The third-order valence-electron chi connectivity index (χ3n) is 8.47. The Bertz CT molecular complexity index is 1530. The van der Waals surface area contributed by atoms with Crippen LogP contribution in [-0.4, -0.2) is 63.6 Å². The van der Waals surface area contributed by atoms with Crippen LogP contribution in [0.3, 0.4) is 0 Å². The van der Waals surface area contributed by atoms with Crippen molar-refractivity contribution in [2.75, 3.05) is 22.8 Å². The summed E-state index contributed by atoms with van der Waals surface area (Å²) in [6, 6.07) is 3.07. The van der Waals surface area contributed by atoms with Crippen LogP contribution in [0.5, 0.6) is 0 Å². The Morgan fingerprint density at radius 1 is 1.24 bits per heavy atom. The first-order valence-corrected chi connectivity index (χ1v) is 15.5. The van der Waals surface area contributed by atoms with Gasteiger partial charge < -0.3 is 15.3 Å². The molecule has 1 amide bonds. The predicted octanol–water partition coefficient (Wildman–Crippen LogP) is 2.98. The molecule has 3 saturated carbocycles. The number of nitrogens with zero attached hydrogens (tertiary/aromatic N) is 2. The number of hydrogen-bond acceptors (Lipinski definition) is 7. The fourth-order valence-electron chi connectivity index (χ4n) is 6.60. The number of anilines is 2. The van der Waals surface area contributed by atoms with Gasteiger partial charge in [-0.2, -0.15) is 21.6 Å². The Labute approximate surface area is 217 Å². The van der Waals surface area contributed by atoms with Gasteiger partial charge in [0.2, 0.25) is 10.0 Å². The van der Waals surface area contributed by atoms with E-state index in [2.05, 4.69) is 14.4 Å². The van der Waals surface area contributed by atoms with Gasteiger partial charge >= 0.3 is 6.18 Å². The summed E-state index contributed by atoms with van der Waals surface area (Å²) in [6.45, 7) is -0.548. The molecule has 5 aliphatic rings. The van der Waals surface area contributed by atoms with Gasteiger partial charge in [0.25, 0.3) is 15.9 Å². The van der Waals surface area contributed by atoms with Gasteiger partial charge in [0.15, 0.2) is 5.84 Å². The molecular formula is C23H25F3N4O6S2. The van der Waals surface area contributed by atoms with E-state index >= 15 is 0 Å². The minimum Gasteiger partial charge on any atom is -0.511 e. The number of amides is 1. The van der Waals surface area contributed by atoms with Crippen LogP contribution >= 0.6 is 0 Å². The van der Waals surface area contributed by atoms with Gasteiger partial charge in [-0.3, -0.25) is 9.52 Å². The van der Waals surface area contributed by atoms with Gasteiger partial charge in [0.1, 0.15) is 16.2 Å². The van der Waals surface area contributed by atoms with Crippen molar-refractivity contribution in [3.8, 4) is 0 Å². The largest absolute Gasteiger partial charge is 0.511 e. The maximum absolute atomic E-state index is 13.9. The zero-order valence-corrected chi connectivity index (χ0v) is 21.8. The zero-order valence-electron chi connectivity index (χ0n) is 20.1. The van der Waals surface area contributed by atoms with Crippen molar-refractivity contribution in [3.63, 3.8) is 0 Å². The first-order valence-electron chi connectivity index (χ1n) is 12.2. The molecule has 206 valence electrons. The number of fused-ring (bicyclic) bond motifs is 6. The Kier molecular flexibility index (Phi) is 5.27. The number of amidine groups is 1. The summed E-state index contributed by atoms with van der Waals surface area (Å²) < 4.78 is 96.8. The van der Waals surface area contributed by atoms with E-state index in [0.29, 0.717) is 6.42 Å². The predicted molar refractivity (Wildman–Crippen MR) is 130 cm³/mol. The first kappa shape index (κ1) is 25.5. The highest BCUT2D eigenvalue weighted by Crippen LogP contribution is 2.61. The van der Waals surface area contributed by atoms with E-state index in [9.17, 15) is 39.9 Å². The second kappa shape index (κ2) is 7.87. The fourth-order valence-corrected chi connectivity index (χ4v) is 8.31. The molecule has 6 rings (SSSR count). The summed E-state index contributed by atoms with van der Waals surface area (Å²) in [5.41, 5.74) is -2.48. The van der Waals surface area contributed by atoms with Crippen LogP contribution in [0.15, 0.2) is 38.8 Å². The van der Waals surface area contributed by atoms with E-state index in [1.54, 1.807) is 0 Å². The Hall–Kier alpha value is -2.81. The Morgan fingerprint density at radius 2 is 1.92 bits per heavy atom. The quantitative estimate of drug-likeness (QED) is 0.490. The summed E-state index contributed by atoms with van der Waals surface area (Å²) in [6.07, 6.45) is -1.60. The van der Waals surface area contributed by atoms with E-state index in [1.807, 2.05) is 0 Å². The maximum Gasteiger partial charge on any atom is 0.396 e. The lowest BCUT2D eigenvalue weighted by Gasteiger charge is -2.45. The van der Waals surface area contributed by atoms with E-state index in [-0.39, 0.29) is 46.7 Å². The SMILES string of the molecule is CS(=O)(=O)Nc1ccc2c(c1)S(=O)(=O)N=C(C1=C(O)[C@@H]3[C@@H]4CC[C@H](C4)[C@@H]3N(CC3(C(F)(F)F)CC3)C1=O)N2. The molecule has 4 atom stereocenters. The molecule has 3 N–H and O–H groups in total. The Balaban J connectivity index is 1.41. The monoisotopic (exact) mass is 574 g/mol. The number of nitrogens with one attached hydrogen (secondary N) is 2. The third-order valence-corrected chi connectivity index (χ3v) is 10.4. The minimum absolute atomic E-state index is 0.0160. The molecule has 1 aromatic carbocycles. The minimum atomic E-state index is -4.50. The van der Waals surface area contributed by atoms with Gasteiger partial charge in [0, 0.05) is 24.2 Å². The molecule has 3 fully saturated rings. The van der Waals surface area contributed by atoms with Crippen LogP contribution in [0.2, 0.25) is 0 Å². The number of rotatable bonds is 5. The van der Waals surface area contributed by atoms with Crippen LogP contribution in [-0.2, 0) is 24.8 Å². The number of hydrogen-bond donors (Lipinski definition) is 3. The van der Waals surface area contributed by atoms with Crippen molar-refractivity contribution in [2.24, 2.45) is 27.6 Å². The summed E-state index contributed by atoms with van der Waals surface area (Å²) in [5.74, 6) is -2.36. The lowest BCUT2D eigenvalue weighted by atomic mass is 9.77. The van der Waals surface area contributed by atoms with Crippen LogP contribution in [0.4, 0.5) is 24.5 Å². The van der Waals surface area contributed by atoms with E-state index in [0.717, 1.165) is 25.2 Å². The normalized spacial score (nSPS) is 30.9. The highest BCUT2D eigenvalue weighted by molar-refractivity contribution is 7.92. The van der Waals surface area contributed by atoms with E-state index < -0.39 is 67.5 Å². The lowest BCUT2D eigenvalue weighted by Crippen LogP contribution is -2.57. The topological polar surface area (TPSA) is 145 Å². The highest BCUT2D eigenvalue weighted by Gasteiger charge is 2.66. The molecule has 3 aliphatic carbocycles. The van der Waals surface area contributed by atoms with Crippen LogP contribution in [0.25, 0.3) is 0 Å². The number of alkyl halides is 3. The third kappa shape index (κ3) is 3.88. The number of aliphatic hydroxyl groups excluding tert-OH is 1. The number of carbonyl (C=O) groups is 1. The summed E-state index contributed by atoms with van der Waals surface area (Å²) in [7, 11) is -8.16. The fraction of sp³-hybridized carbons (Fsp3) is 0.565. The summed E-state index contributed by atoms with van der Waals surface area (Å²) in [5, 5.41) is 14.0. The molecule has 38 heavy (non-hydrogen) atoms. The smallest absolute Gasteiger partial charge is 0.396 e. The van der Waals surface area contributed by atoms with Gasteiger partial charge in [-0.05, 0) is 62.1 Å². The van der Waals surface area contributed by atoms with Gasteiger partial charge in [-0.25, -0.2) is 8.42 Å². The van der Waals surface area contributed by atoms with E-state index in [4.69, 9.17) is 0 Å². The van der Waals surface area contributed by atoms with Gasteiger partial charge in [-0.15, -0.1) is 4.40 Å². The van der Waals surface area contributed by atoms with Gasteiger partial charge in [-0.1, -0.05) is 0 Å². The second-order valence-corrected chi connectivity index (χ2v) is 14.3. The van der Waals surface area contributed by atoms with Crippen molar-refractivity contribution in [1.82, 2.24) is 4.90 Å².